The second-order valence-corrected chi connectivity index (χ2v) is 11.1. The molecule has 8 nitrogen and oxygen atoms in total. The molecular weight excluding hydrogens is 638 g/mol. The van der Waals surface area contributed by atoms with E-state index in [2.05, 4.69) is 10.6 Å². The molecule has 0 aliphatic heterocycles. The molecule has 0 fully saturated rings. The lowest BCUT2D eigenvalue weighted by atomic mass is 10.1. The SMILES string of the molecule is CCC(Sc1cccc(NC(=O)/C(=C\c2ccc(OC)c(OC)c2)NC(=O)c2ccccc2)c1)C(=O)Nc1c(F)c(F)cc(F)c1F. The van der Waals surface area contributed by atoms with Crippen molar-refractivity contribution in [2.45, 2.75) is 23.5 Å². The van der Waals surface area contributed by atoms with Gasteiger partial charge in [0.1, 0.15) is 11.4 Å². The zero-order valence-electron chi connectivity index (χ0n) is 25.3. The van der Waals surface area contributed by atoms with Crippen LogP contribution in [0.25, 0.3) is 6.08 Å². The number of rotatable bonds is 12. The third-order valence-electron chi connectivity index (χ3n) is 6.64. The van der Waals surface area contributed by atoms with Crippen molar-refractivity contribution in [3.8, 4) is 11.5 Å². The van der Waals surface area contributed by atoms with Crippen LogP contribution in [-0.4, -0.2) is 37.2 Å². The van der Waals surface area contributed by atoms with E-state index in [0.29, 0.717) is 33.2 Å². The summed E-state index contributed by atoms with van der Waals surface area (Å²) in [6, 6.07) is 19.7. The van der Waals surface area contributed by atoms with Crippen molar-refractivity contribution in [2.75, 3.05) is 24.9 Å². The lowest BCUT2D eigenvalue weighted by Gasteiger charge is -2.17. The third-order valence-corrected chi connectivity index (χ3v) is 8.00. The normalized spacial score (nSPS) is 11.8. The molecule has 4 aromatic carbocycles. The Morgan fingerprint density at radius 1 is 0.809 bits per heavy atom. The number of halogens is 4. The van der Waals surface area contributed by atoms with E-state index in [4.69, 9.17) is 9.47 Å². The number of hydrogen-bond donors (Lipinski definition) is 3. The molecule has 13 heteroatoms. The second kappa shape index (κ2) is 15.8. The molecule has 0 heterocycles. The Morgan fingerprint density at radius 3 is 2.13 bits per heavy atom. The number of hydrogen-bond acceptors (Lipinski definition) is 6. The van der Waals surface area contributed by atoms with Crippen molar-refractivity contribution in [3.05, 3.63) is 119 Å². The molecule has 0 saturated carbocycles. The van der Waals surface area contributed by atoms with Crippen molar-refractivity contribution < 1.29 is 41.4 Å². The summed E-state index contributed by atoms with van der Waals surface area (Å²) < 4.78 is 66.2. The largest absolute Gasteiger partial charge is 0.493 e. The number of ether oxygens (including phenoxy) is 2. The first-order valence-electron chi connectivity index (χ1n) is 14.1. The van der Waals surface area contributed by atoms with Gasteiger partial charge in [-0.1, -0.05) is 37.3 Å². The number of methoxy groups -OCH3 is 2. The van der Waals surface area contributed by atoms with Crippen LogP contribution >= 0.6 is 11.8 Å². The lowest BCUT2D eigenvalue weighted by molar-refractivity contribution is -0.116. The molecule has 0 radical (unpaired) electrons. The third kappa shape index (κ3) is 8.70. The fourth-order valence-electron chi connectivity index (χ4n) is 4.27. The smallest absolute Gasteiger partial charge is 0.272 e. The monoisotopic (exact) mass is 667 g/mol. The van der Waals surface area contributed by atoms with Crippen LogP contribution < -0.4 is 25.4 Å². The highest BCUT2D eigenvalue weighted by Crippen LogP contribution is 2.31. The fraction of sp³-hybridized carbons (Fsp3) is 0.147. The fourth-order valence-corrected chi connectivity index (χ4v) is 5.28. The van der Waals surface area contributed by atoms with Crippen LogP contribution in [0.3, 0.4) is 0 Å². The first-order valence-corrected chi connectivity index (χ1v) is 14.9. The van der Waals surface area contributed by atoms with E-state index in [1.807, 2.05) is 5.32 Å². The second-order valence-electron chi connectivity index (χ2n) is 9.82. The molecule has 0 spiro atoms. The molecule has 0 aliphatic carbocycles. The van der Waals surface area contributed by atoms with Gasteiger partial charge >= 0.3 is 0 Å². The predicted molar refractivity (Wildman–Crippen MR) is 171 cm³/mol. The van der Waals surface area contributed by atoms with Gasteiger partial charge in [-0.25, -0.2) is 17.6 Å². The summed E-state index contributed by atoms with van der Waals surface area (Å²) >= 11 is 0.998. The number of benzene rings is 4. The molecule has 0 aliphatic rings. The summed E-state index contributed by atoms with van der Waals surface area (Å²) in [6.45, 7) is 1.64. The molecular formula is C34H29F4N3O5S. The highest BCUT2D eigenvalue weighted by atomic mass is 32.2. The average molecular weight is 668 g/mol. The molecule has 244 valence electrons. The molecule has 1 unspecified atom stereocenters. The van der Waals surface area contributed by atoms with Gasteiger partial charge in [-0.2, -0.15) is 0 Å². The van der Waals surface area contributed by atoms with E-state index in [1.54, 1.807) is 79.7 Å². The van der Waals surface area contributed by atoms with Crippen molar-refractivity contribution in [1.82, 2.24) is 5.32 Å². The number of nitrogens with one attached hydrogen (secondary N) is 3. The summed E-state index contributed by atoms with van der Waals surface area (Å²) in [5, 5.41) is 6.37. The van der Waals surface area contributed by atoms with Gasteiger partial charge in [-0.05, 0) is 60.5 Å². The van der Waals surface area contributed by atoms with E-state index in [1.165, 1.54) is 20.3 Å². The Morgan fingerprint density at radius 2 is 1.49 bits per heavy atom. The molecule has 3 N–H and O–H groups in total. The topological polar surface area (TPSA) is 106 Å². The molecule has 4 aromatic rings. The molecule has 4 rings (SSSR count). The molecule has 0 aromatic heterocycles. The highest BCUT2D eigenvalue weighted by Gasteiger charge is 2.25. The predicted octanol–water partition coefficient (Wildman–Crippen LogP) is 7.18. The Balaban J connectivity index is 1.56. The Bertz CT molecular complexity index is 1800. The van der Waals surface area contributed by atoms with Crippen LogP contribution in [0.1, 0.15) is 29.3 Å². The minimum Gasteiger partial charge on any atom is -0.493 e. The van der Waals surface area contributed by atoms with Crippen LogP contribution in [0.15, 0.2) is 89.5 Å². The Kier molecular flexibility index (Phi) is 11.6. The summed E-state index contributed by atoms with van der Waals surface area (Å²) in [5.74, 6) is -7.96. The lowest BCUT2D eigenvalue weighted by Crippen LogP contribution is -2.30. The number of thioether (sulfide) groups is 1. The summed E-state index contributed by atoms with van der Waals surface area (Å²) in [5.41, 5.74) is -0.179. The van der Waals surface area contributed by atoms with Crippen molar-refractivity contribution in [1.29, 1.82) is 0 Å². The number of carbonyl (C=O) groups excluding carboxylic acids is 3. The number of anilines is 2. The quantitative estimate of drug-likeness (QED) is 0.0640. The van der Waals surface area contributed by atoms with Gasteiger partial charge in [-0.15, -0.1) is 11.8 Å². The maximum atomic E-state index is 14.1. The summed E-state index contributed by atoms with van der Waals surface area (Å²) in [4.78, 5) is 39.9. The van der Waals surface area contributed by atoms with Gasteiger partial charge in [0.15, 0.2) is 34.8 Å². The van der Waals surface area contributed by atoms with Gasteiger partial charge in [0.25, 0.3) is 11.8 Å². The zero-order chi connectivity index (χ0) is 34.1. The Hall–Kier alpha value is -5.30. The minimum atomic E-state index is -1.72. The van der Waals surface area contributed by atoms with Crippen molar-refractivity contribution in [2.24, 2.45) is 0 Å². The van der Waals surface area contributed by atoms with E-state index in [-0.39, 0.29) is 18.2 Å². The van der Waals surface area contributed by atoms with Crippen molar-refractivity contribution >= 4 is 46.9 Å². The number of amides is 3. The van der Waals surface area contributed by atoms with Crippen LogP contribution in [0.4, 0.5) is 28.9 Å². The Labute approximate surface area is 272 Å². The van der Waals surface area contributed by atoms with E-state index >= 15 is 0 Å². The van der Waals surface area contributed by atoms with Gasteiger partial charge in [0, 0.05) is 22.2 Å². The van der Waals surface area contributed by atoms with Gasteiger partial charge < -0.3 is 25.4 Å². The number of carbonyl (C=O) groups is 3. The van der Waals surface area contributed by atoms with E-state index in [0.717, 1.165) is 11.8 Å². The average Bonchev–Trinajstić information content (AvgIpc) is 3.08. The summed E-state index contributed by atoms with van der Waals surface area (Å²) in [7, 11) is 2.95. The minimum absolute atomic E-state index is 0.0493. The van der Waals surface area contributed by atoms with Crippen LogP contribution in [0, 0.1) is 23.3 Å². The van der Waals surface area contributed by atoms with Gasteiger partial charge in [0.05, 0.1) is 19.5 Å². The van der Waals surface area contributed by atoms with Gasteiger partial charge in [-0.3, -0.25) is 14.4 Å². The molecule has 3 amide bonds. The maximum Gasteiger partial charge on any atom is 0.272 e. The first kappa shape index (κ1) is 34.6. The highest BCUT2D eigenvalue weighted by molar-refractivity contribution is 8.00. The van der Waals surface area contributed by atoms with Crippen LogP contribution in [0.2, 0.25) is 0 Å². The van der Waals surface area contributed by atoms with E-state index < -0.39 is 51.9 Å². The first-order chi connectivity index (χ1) is 22.5. The van der Waals surface area contributed by atoms with E-state index in [9.17, 15) is 31.9 Å². The maximum absolute atomic E-state index is 14.1. The van der Waals surface area contributed by atoms with Gasteiger partial charge in [0.2, 0.25) is 5.91 Å². The standard InChI is InChI=1S/C34H29F4N3O5S/c1-4-28(34(44)41-31-29(37)23(35)18-24(36)30(31)38)47-22-12-8-11-21(17-22)39-33(43)25(40-32(42)20-9-6-5-7-10-20)15-19-13-14-26(45-2)27(16-19)46-3/h5-18,28H,4H2,1-3H3,(H,39,43)(H,40,42)(H,41,44)/b25-15+. The van der Waals surface area contributed by atoms with Crippen LogP contribution in [0.5, 0.6) is 11.5 Å². The zero-order valence-corrected chi connectivity index (χ0v) is 26.1. The molecule has 0 saturated heterocycles. The molecule has 47 heavy (non-hydrogen) atoms. The summed E-state index contributed by atoms with van der Waals surface area (Å²) in [6.07, 6.45) is 1.64. The van der Waals surface area contributed by atoms with Crippen LogP contribution in [-0.2, 0) is 9.59 Å². The molecule has 1 atom stereocenters. The molecule has 0 bridgehead atoms. The van der Waals surface area contributed by atoms with Crippen molar-refractivity contribution in [3.63, 3.8) is 0 Å².